The molecule has 0 saturated carbocycles. The normalized spacial score (nSPS) is 11.1. The number of likely N-dealkylation sites (N-methyl/N-ethyl adjacent to an activating group) is 1. The summed E-state index contributed by atoms with van der Waals surface area (Å²) in [7, 11) is 3.28. The number of nitrogens with zero attached hydrogens (tertiary/aromatic N) is 3. The summed E-state index contributed by atoms with van der Waals surface area (Å²) in [6.45, 7) is 3.54. The summed E-state index contributed by atoms with van der Waals surface area (Å²) in [5.41, 5.74) is 0.674. The van der Waals surface area contributed by atoms with E-state index in [2.05, 4.69) is 5.10 Å². The Morgan fingerprint density at radius 3 is 2.40 bits per heavy atom. The highest BCUT2D eigenvalue weighted by molar-refractivity contribution is 6.02. The van der Waals surface area contributed by atoms with Crippen LogP contribution in [0, 0.1) is 0 Å². The summed E-state index contributed by atoms with van der Waals surface area (Å²) < 4.78 is 11.8. The van der Waals surface area contributed by atoms with E-state index in [1.807, 2.05) is 36.4 Å². The van der Waals surface area contributed by atoms with Crippen molar-refractivity contribution in [2.45, 2.75) is 26.4 Å². The molecule has 0 bridgehead atoms. The number of amides is 1. The number of aromatic nitrogens is 2. The van der Waals surface area contributed by atoms with Gasteiger partial charge in [-0.15, -0.1) is 0 Å². The van der Waals surface area contributed by atoms with Gasteiger partial charge in [-0.2, -0.15) is 5.10 Å². The minimum absolute atomic E-state index is 0.00862. The Morgan fingerprint density at radius 1 is 1.00 bits per heavy atom. The molecule has 0 unspecified atom stereocenters. The van der Waals surface area contributed by atoms with Crippen LogP contribution in [-0.4, -0.2) is 47.3 Å². The summed E-state index contributed by atoms with van der Waals surface area (Å²) in [4.78, 5) is 39.7. The lowest BCUT2D eigenvalue weighted by molar-refractivity contribution is -0.133. The summed E-state index contributed by atoms with van der Waals surface area (Å²) >= 11 is 0. The summed E-state index contributed by atoms with van der Waals surface area (Å²) in [5, 5.41) is 7.08. The highest BCUT2D eigenvalue weighted by Gasteiger charge is 2.21. The van der Waals surface area contributed by atoms with Crippen LogP contribution in [0.5, 0.6) is 5.75 Å². The molecule has 0 atom stereocenters. The molecule has 0 spiro atoms. The van der Waals surface area contributed by atoms with Crippen LogP contribution in [0.25, 0.3) is 21.5 Å². The van der Waals surface area contributed by atoms with Gasteiger partial charge in [-0.25, -0.2) is 9.48 Å². The van der Waals surface area contributed by atoms with E-state index in [1.54, 1.807) is 52.3 Å². The Labute approximate surface area is 202 Å². The Morgan fingerprint density at radius 2 is 1.69 bits per heavy atom. The zero-order valence-corrected chi connectivity index (χ0v) is 20.1. The molecule has 3 aromatic carbocycles. The number of carbonyl (C=O) groups is 2. The number of benzene rings is 3. The zero-order valence-electron chi connectivity index (χ0n) is 20.1. The standard InChI is InChI=1S/C27H27N3O5/c1-17(2)30-26(32)23-8-6-5-7-22(23)25(28-30)27(33)35-16-24(31)29(3)15-18-9-10-20-14-21(34-4)12-11-19(20)13-18/h5-14,17H,15-16H2,1-4H3. The van der Waals surface area contributed by atoms with E-state index < -0.39 is 12.6 Å². The minimum Gasteiger partial charge on any atom is -0.497 e. The van der Waals surface area contributed by atoms with E-state index in [1.165, 1.54) is 9.58 Å². The van der Waals surface area contributed by atoms with E-state index in [0.29, 0.717) is 17.3 Å². The molecule has 180 valence electrons. The van der Waals surface area contributed by atoms with Gasteiger partial charge in [-0.1, -0.05) is 36.4 Å². The second-order valence-corrected chi connectivity index (χ2v) is 8.61. The largest absolute Gasteiger partial charge is 0.497 e. The number of ether oxygens (including phenoxy) is 2. The third-order valence-corrected chi connectivity index (χ3v) is 5.79. The van der Waals surface area contributed by atoms with Crippen LogP contribution in [0.2, 0.25) is 0 Å². The number of fused-ring (bicyclic) bond motifs is 2. The quantitative estimate of drug-likeness (QED) is 0.378. The zero-order chi connectivity index (χ0) is 25.1. The van der Waals surface area contributed by atoms with Gasteiger partial charge in [0.15, 0.2) is 12.3 Å². The van der Waals surface area contributed by atoms with Crippen LogP contribution in [0.4, 0.5) is 0 Å². The molecule has 8 nitrogen and oxygen atoms in total. The Hall–Kier alpha value is -4.20. The third-order valence-electron chi connectivity index (χ3n) is 5.79. The van der Waals surface area contributed by atoms with Gasteiger partial charge in [0.2, 0.25) is 0 Å². The van der Waals surface area contributed by atoms with Crippen molar-refractivity contribution in [2.24, 2.45) is 0 Å². The van der Waals surface area contributed by atoms with Crippen LogP contribution in [0.15, 0.2) is 65.5 Å². The molecule has 1 amide bonds. The molecule has 0 aliphatic rings. The fraction of sp³-hybridized carbons (Fsp3) is 0.259. The molecule has 0 fully saturated rings. The number of esters is 1. The van der Waals surface area contributed by atoms with Gasteiger partial charge in [0.05, 0.1) is 18.5 Å². The van der Waals surface area contributed by atoms with Gasteiger partial charge in [-0.3, -0.25) is 9.59 Å². The molecule has 0 aliphatic carbocycles. The maximum atomic E-state index is 12.8. The number of carbonyl (C=O) groups excluding carboxylic acids is 2. The van der Waals surface area contributed by atoms with Crippen molar-refractivity contribution < 1.29 is 19.1 Å². The average Bonchev–Trinajstić information content (AvgIpc) is 2.86. The van der Waals surface area contributed by atoms with Crippen LogP contribution < -0.4 is 10.3 Å². The van der Waals surface area contributed by atoms with Crippen LogP contribution >= 0.6 is 0 Å². The second-order valence-electron chi connectivity index (χ2n) is 8.61. The van der Waals surface area contributed by atoms with Crippen molar-refractivity contribution in [3.8, 4) is 5.75 Å². The van der Waals surface area contributed by atoms with E-state index in [-0.39, 0.29) is 23.2 Å². The molecule has 4 aromatic rings. The van der Waals surface area contributed by atoms with Crippen LogP contribution in [0.1, 0.15) is 35.9 Å². The monoisotopic (exact) mass is 473 g/mol. The predicted molar refractivity (Wildman–Crippen MR) is 134 cm³/mol. The average molecular weight is 474 g/mol. The second kappa shape index (κ2) is 9.97. The predicted octanol–water partition coefficient (Wildman–Crippen LogP) is 3.95. The third kappa shape index (κ3) is 5.01. The van der Waals surface area contributed by atoms with Gasteiger partial charge in [0, 0.05) is 19.0 Å². The molecule has 1 heterocycles. The van der Waals surface area contributed by atoms with Crippen LogP contribution in [0.3, 0.4) is 0 Å². The number of rotatable bonds is 7. The fourth-order valence-corrected chi connectivity index (χ4v) is 3.87. The molecule has 4 rings (SSSR count). The first-order valence-corrected chi connectivity index (χ1v) is 11.3. The number of methoxy groups -OCH3 is 1. The maximum Gasteiger partial charge on any atom is 0.359 e. The van der Waals surface area contributed by atoms with E-state index in [4.69, 9.17) is 9.47 Å². The minimum atomic E-state index is -0.753. The van der Waals surface area contributed by atoms with Gasteiger partial charge < -0.3 is 14.4 Å². The van der Waals surface area contributed by atoms with Crippen molar-refractivity contribution in [1.82, 2.24) is 14.7 Å². The molecule has 0 aliphatic heterocycles. The SMILES string of the molecule is COc1ccc2cc(CN(C)C(=O)COC(=O)c3nn(C(C)C)c(=O)c4ccccc34)ccc2c1. The van der Waals surface area contributed by atoms with Gasteiger partial charge in [0.1, 0.15) is 5.75 Å². The van der Waals surface area contributed by atoms with Crippen molar-refractivity contribution in [3.63, 3.8) is 0 Å². The van der Waals surface area contributed by atoms with E-state index >= 15 is 0 Å². The van der Waals surface area contributed by atoms with Crippen molar-refractivity contribution >= 4 is 33.4 Å². The summed E-state index contributed by atoms with van der Waals surface area (Å²) in [6.07, 6.45) is 0. The highest BCUT2D eigenvalue weighted by atomic mass is 16.5. The first-order valence-electron chi connectivity index (χ1n) is 11.3. The highest BCUT2D eigenvalue weighted by Crippen LogP contribution is 2.22. The Balaban J connectivity index is 1.46. The molecular formula is C27H27N3O5. The first-order chi connectivity index (χ1) is 16.8. The number of hydrogen-bond donors (Lipinski definition) is 0. The van der Waals surface area contributed by atoms with Gasteiger partial charge >= 0.3 is 5.97 Å². The van der Waals surface area contributed by atoms with Gasteiger partial charge in [0.25, 0.3) is 11.5 Å². The topological polar surface area (TPSA) is 90.7 Å². The molecule has 35 heavy (non-hydrogen) atoms. The first kappa shape index (κ1) is 23.9. The van der Waals surface area contributed by atoms with Crippen molar-refractivity contribution in [2.75, 3.05) is 20.8 Å². The maximum absolute atomic E-state index is 12.8. The van der Waals surface area contributed by atoms with Gasteiger partial charge in [-0.05, 0) is 54.4 Å². The molecule has 8 heteroatoms. The Bertz CT molecular complexity index is 1480. The molecule has 0 saturated heterocycles. The molecule has 0 radical (unpaired) electrons. The van der Waals surface area contributed by atoms with Crippen molar-refractivity contribution in [1.29, 1.82) is 0 Å². The molecule has 1 aromatic heterocycles. The summed E-state index contributed by atoms with van der Waals surface area (Å²) in [5.74, 6) is -0.322. The molecule has 0 N–H and O–H groups in total. The fourth-order valence-electron chi connectivity index (χ4n) is 3.87. The lowest BCUT2D eigenvalue weighted by atomic mass is 10.1. The van der Waals surface area contributed by atoms with E-state index in [9.17, 15) is 14.4 Å². The lowest BCUT2D eigenvalue weighted by Gasteiger charge is -2.18. The van der Waals surface area contributed by atoms with Crippen molar-refractivity contribution in [3.05, 3.63) is 82.3 Å². The summed E-state index contributed by atoms with van der Waals surface area (Å²) in [6, 6.07) is 18.2. The smallest absolute Gasteiger partial charge is 0.359 e. The number of hydrogen-bond acceptors (Lipinski definition) is 6. The van der Waals surface area contributed by atoms with Crippen LogP contribution in [-0.2, 0) is 16.1 Å². The lowest BCUT2D eigenvalue weighted by Crippen LogP contribution is -2.32. The molecular weight excluding hydrogens is 446 g/mol. The Kier molecular flexibility index (Phi) is 6.82. The van der Waals surface area contributed by atoms with E-state index in [0.717, 1.165) is 22.1 Å².